The molecule has 0 amide bonds. The number of rotatable bonds is 6. The maximum Gasteiger partial charge on any atom is 0.243 e. The summed E-state index contributed by atoms with van der Waals surface area (Å²) in [7, 11) is 4.33. The van der Waals surface area contributed by atoms with Crippen molar-refractivity contribution >= 4 is 43.3 Å². The molecule has 1 aromatic heterocycles. The van der Waals surface area contributed by atoms with Crippen LogP contribution in [0.3, 0.4) is 0 Å². The Balaban J connectivity index is 2.28. The zero-order chi connectivity index (χ0) is 16.5. The van der Waals surface area contributed by atoms with E-state index in [1.165, 1.54) is 15.6 Å². The van der Waals surface area contributed by atoms with Crippen LogP contribution in [0.15, 0.2) is 27.4 Å². The van der Waals surface area contributed by atoms with Gasteiger partial charge in [-0.05, 0) is 24.5 Å². The summed E-state index contributed by atoms with van der Waals surface area (Å²) in [5, 5.41) is 0. The van der Waals surface area contributed by atoms with Gasteiger partial charge in [-0.1, -0.05) is 11.8 Å². The van der Waals surface area contributed by atoms with E-state index in [4.69, 9.17) is 0 Å². The van der Waals surface area contributed by atoms with Crippen molar-refractivity contribution in [3.05, 3.63) is 18.2 Å². The summed E-state index contributed by atoms with van der Waals surface area (Å²) in [6, 6.07) is 5.15. The zero-order valence-corrected chi connectivity index (χ0v) is 16.0. The first-order chi connectivity index (χ1) is 10.1. The minimum atomic E-state index is -3.45. The highest BCUT2D eigenvalue weighted by molar-refractivity contribution is 8.00. The van der Waals surface area contributed by atoms with Crippen molar-refractivity contribution in [3.63, 3.8) is 0 Å². The predicted octanol–water partition coefficient (Wildman–Crippen LogP) is 2.34. The topological polar surface area (TPSA) is 50.3 Å². The Bertz CT molecular complexity index is 763. The third kappa shape index (κ3) is 3.99. The summed E-state index contributed by atoms with van der Waals surface area (Å²) < 4.78 is 29.3. The van der Waals surface area contributed by atoms with E-state index >= 15 is 0 Å². The SMILES string of the molecule is CSc1nc2ccc(S(=O)(=O)N(C)CC[N+](C)(C)C)cc2s1. The first-order valence-electron chi connectivity index (χ1n) is 6.85. The van der Waals surface area contributed by atoms with E-state index < -0.39 is 10.0 Å². The van der Waals surface area contributed by atoms with Crippen LogP contribution in [-0.4, -0.2) is 69.7 Å². The maximum atomic E-state index is 12.7. The van der Waals surface area contributed by atoms with Crippen LogP contribution in [0.2, 0.25) is 0 Å². The number of benzene rings is 1. The van der Waals surface area contributed by atoms with Crippen molar-refractivity contribution in [2.24, 2.45) is 0 Å². The van der Waals surface area contributed by atoms with Crippen molar-refractivity contribution in [2.45, 2.75) is 9.24 Å². The molecule has 2 rings (SSSR count). The Kier molecular flexibility index (Phi) is 5.18. The largest absolute Gasteiger partial charge is 0.330 e. The fourth-order valence-electron chi connectivity index (χ4n) is 1.87. The number of hydrogen-bond acceptors (Lipinski definition) is 5. The Labute approximate surface area is 140 Å². The molecule has 0 aliphatic carbocycles. The number of quaternary nitrogens is 1. The molecule has 0 spiro atoms. The number of likely N-dealkylation sites (N-methyl/N-ethyl adjacent to an activating group) is 2. The van der Waals surface area contributed by atoms with Crippen LogP contribution >= 0.6 is 23.1 Å². The molecule has 0 atom stereocenters. The summed E-state index contributed by atoms with van der Waals surface area (Å²) in [6.07, 6.45) is 1.97. The van der Waals surface area contributed by atoms with Crippen molar-refractivity contribution in [3.8, 4) is 0 Å². The molecule has 0 radical (unpaired) electrons. The molecule has 0 N–H and O–H groups in total. The summed E-state index contributed by atoms with van der Waals surface area (Å²) >= 11 is 3.09. The van der Waals surface area contributed by atoms with E-state index in [-0.39, 0.29) is 0 Å². The molecule has 0 saturated carbocycles. The van der Waals surface area contributed by atoms with Gasteiger partial charge in [0.05, 0.1) is 49.3 Å². The van der Waals surface area contributed by atoms with Gasteiger partial charge in [-0.25, -0.2) is 13.4 Å². The van der Waals surface area contributed by atoms with Gasteiger partial charge in [0.25, 0.3) is 0 Å². The molecule has 0 aliphatic heterocycles. The highest BCUT2D eigenvalue weighted by Gasteiger charge is 2.23. The molecule has 2 aromatic rings. The maximum absolute atomic E-state index is 12.7. The Morgan fingerprint density at radius 2 is 2.00 bits per heavy atom. The quantitative estimate of drug-likeness (QED) is 0.586. The molecule has 1 aromatic carbocycles. The molecule has 0 saturated heterocycles. The van der Waals surface area contributed by atoms with E-state index in [0.29, 0.717) is 11.4 Å². The van der Waals surface area contributed by atoms with Crippen LogP contribution in [-0.2, 0) is 10.0 Å². The lowest BCUT2D eigenvalue weighted by Crippen LogP contribution is -2.42. The molecular formula is C14H22N3O2S3+. The summed E-state index contributed by atoms with van der Waals surface area (Å²) in [5.41, 5.74) is 0.849. The summed E-state index contributed by atoms with van der Waals surface area (Å²) in [4.78, 5) is 4.77. The first-order valence-corrected chi connectivity index (χ1v) is 10.3. The highest BCUT2D eigenvalue weighted by atomic mass is 32.2. The molecule has 8 heteroatoms. The molecule has 0 fully saturated rings. The molecule has 0 bridgehead atoms. The van der Waals surface area contributed by atoms with Crippen molar-refractivity contribution in [1.29, 1.82) is 0 Å². The lowest BCUT2D eigenvalue weighted by Gasteiger charge is -2.26. The zero-order valence-electron chi connectivity index (χ0n) is 13.5. The summed E-state index contributed by atoms with van der Waals surface area (Å²) in [5.74, 6) is 0. The molecular weight excluding hydrogens is 338 g/mol. The molecule has 0 unspecified atom stereocenters. The average Bonchev–Trinajstić information content (AvgIpc) is 2.85. The van der Waals surface area contributed by atoms with Gasteiger partial charge >= 0.3 is 0 Å². The van der Waals surface area contributed by atoms with Gasteiger partial charge in [-0.3, -0.25) is 0 Å². The number of sulfonamides is 1. The molecule has 122 valence electrons. The number of fused-ring (bicyclic) bond motifs is 1. The number of aromatic nitrogens is 1. The minimum absolute atomic E-state index is 0.334. The monoisotopic (exact) mass is 360 g/mol. The molecule has 5 nitrogen and oxygen atoms in total. The van der Waals surface area contributed by atoms with E-state index in [1.807, 2.05) is 27.4 Å². The highest BCUT2D eigenvalue weighted by Crippen LogP contribution is 2.30. The number of thioether (sulfide) groups is 1. The Morgan fingerprint density at radius 3 is 2.59 bits per heavy atom. The van der Waals surface area contributed by atoms with Gasteiger partial charge in [0.1, 0.15) is 0 Å². The third-order valence-electron chi connectivity index (χ3n) is 3.31. The van der Waals surface area contributed by atoms with Gasteiger partial charge in [-0.15, -0.1) is 11.3 Å². The molecule has 1 heterocycles. The van der Waals surface area contributed by atoms with Crippen molar-refractivity contribution in [1.82, 2.24) is 9.29 Å². The van der Waals surface area contributed by atoms with E-state index in [2.05, 4.69) is 4.98 Å². The van der Waals surface area contributed by atoms with Crippen LogP contribution in [0, 0.1) is 0 Å². The van der Waals surface area contributed by atoms with Crippen molar-refractivity contribution < 1.29 is 12.9 Å². The fraction of sp³-hybridized carbons (Fsp3) is 0.500. The standard InChI is InChI=1S/C14H22N3O2S3/c1-16(8-9-17(2,3)4)22(18,19)11-6-7-12-13(10-11)21-14(15-12)20-5/h6-7,10H,8-9H2,1-5H3/q+1. The predicted molar refractivity (Wildman–Crippen MR) is 94.1 cm³/mol. The van der Waals surface area contributed by atoms with Crippen LogP contribution in [0.25, 0.3) is 10.2 Å². The van der Waals surface area contributed by atoms with E-state index in [1.54, 1.807) is 37.0 Å². The lowest BCUT2D eigenvalue weighted by atomic mass is 10.3. The van der Waals surface area contributed by atoms with Gasteiger partial charge in [0, 0.05) is 7.05 Å². The number of nitrogens with zero attached hydrogens (tertiary/aromatic N) is 3. The lowest BCUT2D eigenvalue weighted by molar-refractivity contribution is -0.869. The minimum Gasteiger partial charge on any atom is -0.330 e. The van der Waals surface area contributed by atoms with Crippen molar-refractivity contribution in [2.75, 3.05) is 47.5 Å². The van der Waals surface area contributed by atoms with Gasteiger partial charge in [0.2, 0.25) is 10.0 Å². The Hall–Kier alpha value is -0.670. The van der Waals surface area contributed by atoms with Crippen LogP contribution in [0.4, 0.5) is 0 Å². The van der Waals surface area contributed by atoms with Gasteiger partial charge < -0.3 is 4.48 Å². The van der Waals surface area contributed by atoms with Crippen LogP contribution < -0.4 is 0 Å². The second-order valence-electron chi connectivity index (χ2n) is 6.15. The van der Waals surface area contributed by atoms with E-state index in [9.17, 15) is 8.42 Å². The van der Waals surface area contributed by atoms with Gasteiger partial charge in [0.15, 0.2) is 4.34 Å². The first kappa shape index (κ1) is 17.7. The Morgan fingerprint density at radius 1 is 1.32 bits per heavy atom. The van der Waals surface area contributed by atoms with E-state index in [0.717, 1.165) is 25.6 Å². The second-order valence-corrected chi connectivity index (χ2v) is 10.3. The molecule has 22 heavy (non-hydrogen) atoms. The summed E-state index contributed by atoms with van der Waals surface area (Å²) in [6.45, 7) is 1.25. The molecule has 0 aliphatic rings. The van der Waals surface area contributed by atoms with Gasteiger partial charge in [-0.2, -0.15) is 4.31 Å². The third-order valence-corrected chi connectivity index (χ3v) is 7.16. The number of thiazole rings is 1. The fourth-order valence-corrected chi connectivity index (χ4v) is 4.66. The number of hydrogen-bond donors (Lipinski definition) is 0. The smallest absolute Gasteiger partial charge is 0.243 e. The average molecular weight is 361 g/mol. The van der Waals surface area contributed by atoms with Crippen LogP contribution in [0.1, 0.15) is 0 Å². The second kappa shape index (κ2) is 6.45. The normalized spacial score (nSPS) is 13.2. The van der Waals surface area contributed by atoms with Crippen LogP contribution in [0.5, 0.6) is 0 Å².